The molecule has 4 amide bonds. The minimum absolute atomic E-state index is 0.0249. The second kappa shape index (κ2) is 9.41. The van der Waals surface area contributed by atoms with Crippen LogP contribution in [0.15, 0.2) is 48.5 Å². The molecule has 0 bridgehead atoms. The van der Waals surface area contributed by atoms with E-state index in [9.17, 15) is 14.4 Å². The molecule has 0 atom stereocenters. The summed E-state index contributed by atoms with van der Waals surface area (Å²) in [5.41, 5.74) is 1.96. The summed E-state index contributed by atoms with van der Waals surface area (Å²) in [7, 11) is 0. The van der Waals surface area contributed by atoms with Crippen LogP contribution in [0.5, 0.6) is 0 Å². The fraction of sp³-hybridized carbons (Fsp3) is 0.407. The second-order valence-corrected chi connectivity index (χ2v) is 10.7. The van der Waals surface area contributed by atoms with E-state index in [4.69, 9.17) is 4.98 Å². The van der Waals surface area contributed by atoms with Gasteiger partial charge in [-0.05, 0) is 48.6 Å². The molecule has 2 aromatic carbocycles. The van der Waals surface area contributed by atoms with Crippen LogP contribution in [0.3, 0.4) is 0 Å². The van der Waals surface area contributed by atoms with Crippen LogP contribution in [-0.4, -0.2) is 39.8 Å². The summed E-state index contributed by atoms with van der Waals surface area (Å²) in [5, 5.41) is 3.50. The Hall–Kier alpha value is -3.26. The van der Waals surface area contributed by atoms with Crippen LogP contribution >= 0.6 is 11.3 Å². The van der Waals surface area contributed by atoms with Crippen LogP contribution in [0.2, 0.25) is 0 Å². The molecule has 8 heteroatoms. The summed E-state index contributed by atoms with van der Waals surface area (Å²) in [5.74, 6) is -0.0168. The quantitative estimate of drug-likeness (QED) is 0.448. The Morgan fingerprint density at radius 1 is 1.09 bits per heavy atom. The van der Waals surface area contributed by atoms with E-state index in [1.54, 1.807) is 4.90 Å². The number of carbonyl (C=O) groups excluding carboxylic acids is 3. The first-order valence-corrected chi connectivity index (χ1v) is 13.1. The second-order valence-electron chi connectivity index (χ2n) is 9.72. The Kier molecular flexibility index (Phi) is 6.32. The van der Waals surface area contributed by atoms with Crippen molar-refractivity contribution in [3.8, 4) is 0 Å². The third kappa shape index (κ3) is 4.43. The maximum Gasteiger partial charge on any atom is 0.325 e. The highest BCUT2D eigenvalue weighted by atomic mass is 32.1. The number of rotatable bonds is 6. The third-order valence-corrected chi connectivity index (χ3v) is 8.07. The molecule has 182 valence electrons. The van der Waals surface area contributed by atoms with Gasteiger partial charge in [0.1, 0.15) is 5.54 Å². The van der Waals surface area contributed by atoms with E-state index in [1.165, 1.54) is 21.8 Å². The first-order valence-electron chi connectivity index (χ1n) is 12.3. The van der Waals surface area contributed by atoms with Gasteiger partial charge >= 0.3 is 6.03 Å². The van der Waals surface area contributed by atoms with Crippen molar-refractivity contribution in [2.24, 2.45) is 0 Å². The predicted octanol–water partition coefficient (Wildman–Crippen LogP) is 5.73. The van der Waals surface area contributed by atoms with Gasteiger partial charge < -0.3 is 5.32 Å². The lowest BCUT2D eigenvalue weighted by Crippen LogP contribution is -2.48. The molecular weight excluding hydrogens is 460 g/mol. The maximum atomic E-state index is 13.6. The van der Waals surface area contributed by atoms with E-state index in [0.29, 0.717) is 23.9 Å². The topological polar surface area (TPSA) is 82.6 Å². The minimum atomic E-state index is -0.780. The molecule has 0 unspecified atom stereocenters. The minimum Gasteiger partial charge on any atom is -0.323 e. The molecule has 2 aliphatic rings. The van der Waals surface area contributed by atoms with Crippen molar-refractivity contribution in [2.75, 3.05) is 11.4 Å². The lowest BCUT2D eigenvalue weighted by molar-refractivity contribution is -0.132. The summed E-state index contributed by atoms with van der Waals surface area (Å²) in [4.78, 5) is 46.9. The number of amides is 4. The van der Waals surface area contributed by atoms with Crippen molar-refractivity contribution in [1.82, 2.24) is 15.2 Å². The van der Waals surface area contributed by atoms with E-state index >= 15 is 0 Å². The molecule has 1 aliphatic heterocycles. The SMILES string of the molecule is CC(C)c1ccc(N(C(=O)CCN2C(=O)NC3(CCCCC3)C2=O)c2nc3ccccc3s2)cc1. The molecule has 1 N–H and O–H groups in total. The molecule has 5 rings (SSSR count). The number of para-hydroxylation sites is 1. The average molecular weight is 491 g/mol. The van der Waals surface area contributed by atoms with Gasteiger partial charge in [-0.2, -0.15) is 0 Å². The number of carbonyl (C=O) groups is 3. The highest BCUT2D eigenvalue weighted by Gasteiger charge is 2.51. The van der Waals surface area contributed by atoms with Crippen LogP contribution in [0.25, 0.3) is 10.2 Å². The first kappa shape index (κ1) is 23.5. The van der Waals surface area contributed by atoms with E-state index in [-0.39, 0.29) is 24.8 Å². The molecular formula is C27H30N4O3S. The first-order chi connectivity index (χ1) is 16.9. The van der Waals surface area contributed by atoms with Crippen LogP contribution in [0, 0.1) is 0 Å². The smallest absolute Gasteiger partial charge is 0.323 e. The van der Waals surface area contributed by atoms with Crippen molar-refractivity contribution >= 4 is 50.2 Å². The summed E-state index contributed by atoms with van der Waals surface area (Å²) in [6.45, 7) is 4.31. The Morgan fingerprint density at radius 2 is 1.80 bits per heavy atom. The van der Waals surface area contributed by atoms with Gasteiger partial charge in [0.15, 0.2) is 5.13 Å². The zero-order valence-corrected chi connectivity index (χ0v) is 20.9. The molecule has 1 aliphatic carbocycles. The lowest BCUT2D eigenvalue weighted by Gasteiger charge is -2.30. The molecule has 2 heterocycles. The molecule has 1 aromatic heterocycles. The Morgan fingerprint density at radius 3 is 2.49 bits per heavy atom. The van der Waals surface area contributed by atoms with Crippen molar-refractivity contribution in [1.29, 1.82) is 0 Å². The largest absolute Gasteiger partial charge is 0.325 e. The Balaban J connectivity index is 1.40. The molecule has 3 aromatic rings. The van der Waals surface area contributed by atoms with Gasteiger partial charge in [0.25, 0.3) is 5.91 Å². The third-order valence-electron chi connectivity index (χ3n) is 7.04. The van der Waals surface area contributed by atoms with Crippen molar-refractivity contribution in [3.63, 3.8) is 0 Å². The number of anilines is 2. The van der Waals surface area contributed by atoms with E-state index in [2.05, 4.69) is 19.2 Å². The van der Waals surface area contributed by atoms with E-state index in [1.807, 2.05) is 48.5 Å². The number of hydrogen-bond acceptors (Lipinski definition) is 5. The lowest BCUT2D eigenvalue weighted by atomic mass is 9.82. The normalized spacial score (nSPS) is 17.4. The van der Waals surface area contributed by atoms with Crippen molar-refractivity contribution in [3.05, 3.63) is 54.1 Å². The number of imide groups is 1. The number of nitrogens with zero attached hydrogens (tertiary/aromatic N) is 3. The molecule has 7 nitrogen and oxygen atoms in total. The van der Waals surface area contributed by atoms with Gasteiger partial charge in [-0.1, -0.05) is 68.7 Å². The maximum absolute atomic E-state index is 13.6. The molecule has 0 radical (unpaired) electrons. The van der Waals surface area contributed by atoms with Crippen molar-refractivity contribution < 1.29 is 14.4 Å². The van der Waals surface area contributed by atoms with Gasteiger partial charge in [0.05, 0.1) is 15.9 Å². The van der Waals surface area contributed by atoms with Gasteiger partial charge in [-0.15, -0.1) is 0 Å². The standard InChI is InChI=1S/C27H30N4O3S/c1-18(2)19-10-12-20(13-11-19)31(26-28-21-8-4-5-9-22(21)35-26)23(32)14-17-30-24(33)27(29-25(30)34)15-6-3-7-16-27/h4-5,8-13,18H,3,6-7,14-17H2,1-2H3,(H,29,34). The number of benzene rings is 2. The highest BCUT2D eigenvalue weighted by molar-refractivity contribution is 7.22. The zero-order chi connectivity index (χ0) is 24.6. The number of aromatic nitrogens is 1. The number of urea groups is 1. The fourth-order valence-electron chi connectivity index (χ4n) is 5.02. The van der Waals surface area contributed by atoms with Gasteiger partial charge in [-0.25, -0.2) is 9.78 Å². The monoisotopic (exact) mass is 490 g/mol. The van der Waals surface area contributed by atoms with Crippen LogP contribution in [-0.2, 0) is 9.59 Å². The average Bonchev–Trinajstić information content (AvgIpc) is 3.37. The number of fused-ring (bicyclic) bond motifs is 1. The van der Waals surface area contributed by atoms with Crippen LogP contribution < -0.4 is 10.2 Å². The van der Waals surface area contributed by atoms with Crippen molar-refractivity contribution in [2.45, 2.75) is 63.8 Å². The van der Waals surface area contributed by atoms with Gasteiger partial charge in [0, 0.05) is 13.0 Å². The zero-order valence-electron chi connectivity index (χ0n) is 20.1. The molecule has 35 heavy (non-hydrogen) atoms. The molecule has 2 fully saturated rings. The summed E-state index contributed by atoms with van der Waals surface area (Å²) >= 11 is 1.45. The number of hydrogen-bond donors (Lipinski definition) is 1. The molecule has 1 saturated carbocycles. The summed E-state index contributed by atoms with van der Waals surface area (Å²) < 4.78 is 0.993. The molecule has 1 saturated heterocycles. The van der Waals surface area contributed by atoms with Crippen LogP contribution in [0.1, 0.15) is 63.9 Å². The fourth-order valence-corrected chi connectivity index (χ4v) is 6.02. The highest BCUT2D eigenvalue weighted by Crippen LogP contribution is 2.36. The van der Waals surface area contributed by atoms with Gasteiger partial charge in [0.2, 0.25) is 5.91 Å². The van der Waals surface area contributed by atoms with Crippen LogP contribution in [0.4, 0.5) is 15.6 Å². The molecule has 1 spiro atoms. The summed E-state index contributed by atoms with van der Waals surface area (Å²) in [6, 6.07) is 15.3. The Bertz CT molecular complexity index is 1230. The predicted molar refractivity (Wildman–Crippen MR) is 138 cm³/mol. The van der Waals surface area contributed by atoms with E-state index < -0.39 is 11.6 Å². The summed E-state index contributed by atoms with van der Waals surface area (Å²) in [6.07, 6.45) is 4.30. The number of nitrogens with one attached hydrogen (secondary N) is 1. The van der Waals surface area contributed by atoms with E-state index in [0.717, 1.165) is 35.2 Å². The number of thiazole rings is 1. The Labute approximate surface area is 209 Å². The van der Waals surface area contributed by atoms with Gasteiger partial charge in [-0.3, -0.25) is 19.4 Å².